The Morgan fingerprint density at radius 3 is 2.74 bits per heavy atom. The molecule has 19 heavy (non-hydrogen) atoms. The summed E-state index contributed by atoms with van der Waals surface area (Å²) >= 11 is 3.27. The first-order valence-corrected chi connectivity index (χ1v) is 6.20. The smallest absolute Gasteiger partial charge is 0.376 e. The average Bonchev–Trinajstić information content (AvgIpc) is 2.39. The SMILES string of the molecule is COC(=O)c1nc(C)cc(-c2cc(Br)ccc2F)n1. The van der Waals surface area contributed by atoms with Gasteiger partial charge >= 0.3 is 5.97 Å². The van der Waals surface area contributed by atoms with E-state index in [2.05, 4.69) is 30.6 Å². The fourth-order valence-corrected chi connectivity index (χ4v) is 1.94. The Morgan fingerprint density at radius 2 is 2.05 bits per heavy atom. The molecule has 0 atom stereocenters. The van der Waals surface area contributed by atoms with Crippen LogP contribution in [0.4, 0.5) is 4.39 Å². The third-order valence-corrected chi connectivity index (χ3v) is 2.92. The lowest BCUT2D eigenvalue weighted by molar-refractivity contribution is 0.0586. The van der Waals surface area contributed by atoms with Crippen LogP contribution in [0.2, 0.25) is 0 Å². The van der Waals surface area contributed by atoms with Crippen LogP contribution in [0, 0.1) is 12.7 Å². The Morgan fingerprint density at radius 1 is 1.32 bits per heavy atom. The molecule has 0 radical (unpaired) electrons. The van der Waals surface area contributed by atoms with E-state index in [-0.39, 0.29) is 5.82 Å². The Balaban J connectivity index is 2.59. The molecule has 0 fully saturated rings. The number of halogens is 2. The summed E-state index contributed by atoms with van der Waals surface area (Å²) in [6, 6.07) is 6.12. The highest BCUT2D eigenvalue weighted by atomic mass is 79.9. The maximum Gasteiger partial charge on any atom is 0.376 e. The van der Waals surface area contributed by atoms with Crippen LogP contribution in [0.5, 0.6) is 0 Å². The van der Waals surface area contributed by atoms with Crippen LogP contribution in [0.3, 0.4) is 0 Å². The molecule has 6 heteroatoms. The van der Waals surface area contributed by atoms with E-state index in [1.54, 1.807) is 25.1 Å². The van der Waals surface area contributed by atoms with E-state index >= 15 is 0 Å². The van der Waals surface area contributed by atoms with Gasteiger partial charge in [-0.25, -0.2) is 19.2 Å². The van der Waals surface area contributed by atoms with Gasteiger partial charge in [0.1, 0.15) is 5.82 Å². The first-order valence-electron chi connectivity index (χ1n) is 5.40. The molecule has 0 amide bonds. The molecule has 0 bridgehead atoms. The number of hydrogen-bond donors (Lipinski definition) is 0. The maximum absolute atomic E-state index is 13.8. The fraction of sp³-hybridized carbons (Fsp3) is 0.154. The second-order valence-corrected chi connectivity index (χ2v) is 4.75. The number of carbonyl (C=O) groups excluding carboxylic acids is 1. The van der Waals surface area contributed by atoms with E-state index in [0.717, 1.165) is 4.47 Å². The van der Waals surface area contributed by atoms with Crippen molar-refractivity contribution < 1.29 is 13.9 Å². The summed E-state index contributed by atoms with van der Waals surface area (Å²) in [5.41, 5.74) is 1.20. The van der Waals surface area contributed by atoms with Crippen molar-refractivity contribution in [1.82, 2.24) is 9.97 Å². The minimum absolute atomic E-state index is 0.0862. The zero-order valence-corrected chi connectivity index (χ0v) is 11.9. The number of carbonyl (C=O) groups is 1. The summed E-state index contributed by atoms with van der Waals surface area (Å²) in [4.78, 5) is 19.4. The van der Waals surface area contributed by atoms with Gasteiger partial charge in [-0.05, 0) is 31.2 Å². The summed E-state index contributed by atoms with van der Waals surface area (Å²) in [5, 5.41) is 0. The highest BCUT2D eigenvalue weighted by molar-refractivity contribution is 9.10. The highest BCUT2D eigenvalue weighted by Gasteiger charge is 2.14. The second-order valence-electron chi connectivity index (χ2n) is 3.83. The zero-order chi connectivity index (χ0) is 14.0. The number of nitrogens with zero attached hydrogens (tertiary/aromatic N) is 2. The maximum atomic E-state index is 13.8. The van der Waals surface area contributed by atoms with Crippen molar-refractivity contribution in [3.05, 3.63) is 46.1 Å². The van der Waals surface area contributed by atoms with E-state index in [0.29, 0.717) is 17.0 Å². The first-order chi connectivity index (χ1) is 9.01. The largest absolute Gasteiger partial charge is 0.463 e. The Kier molecular flexibility index (Phi) is 3.90. The molecule has 1 heterocycles. The number of aromatic nitrogens is 2. The molecule has 1 aromatic heterocycles. The molecule has 2 rings (SSSR count). The number of hydrogen-bond acceptors (Lipinski definition) is 4. The van der Waals surface area contributed by atoms with Crippen molar-refractivity contribution in [2.75, 3.05) is 7.11 Å². The van der Waals surface area contributed by atoms with Gasteiger partial charge in [0, 0.05) is 15.7 Å². The summed E-state index contributed by atoms with van der Waals surface area (Å²) in [6.07, 6.45) is 0. The summed E-state index contributed by atoms with van der Waals surface area (Å²) in [5.74, 6) is -1.16. The molecular weight excluding hydrogens is 315 g/mol. The highest BCUT2D eigenvalue weighted by Crippen LogP contribution is 2.25. The monoisotopic (exact) mass is 324 g/mol. The van der Waals surface area contributed by atoms with Gasteiger partial charge in [0.2, 0.25) is 5.82 Å². The van der Waals surface area contributed by atoms with Crippen LogP contribution in [0.15, 0.2) is 28.7 Å². The molecule has 2 aromatic rings. The van der Waals surface area contributed by atoms with Gasteiger partial charge in [0.15, 0.2) is 0 Å². The predicted octanol–water partition coefficient (Wildman–Crippen LogP) is 3.14. The van der Waals surface area contributed by atoms with Gasteiger partial charge < -0.3 is 4.74 Å². The van der Waals surface area contributed by atoms with Crippen molar-refractivity contribution in [2.45, 2.75) is 6.92 Å². The molecule has 98 valence electrons. The Bertz CT molecular complexity index is 647. The number of esters is 1. The topological polar surface area (TPSA) is 52.1 Å². The number of ether oxygens (including phenoxy) is 1. The molecular formula is C13H10BrFN2O2. The van der Waals surface area contributed by atoms with Gasteiger partial charge in [-0.15, -0.1) is 0 Å². The standard InChI is InChI=1S/C13H10BrFN2O2/c1-7-5-11(17-12(16-7)13(18)19-2)9-6-8(14)3-4-10(9)15/h3-6H,1-2H3. The van der Waals surface area contributed by atoms with Gasteiger partial charge in [-0.2, -0.15) is 0 Å². The lowest BCUT2D eigenvalue weighted by Crippen LogP contribution is -2.09. The third kappa shape index (κ3) is 2.96. The molecule has 0 aliphatic heterocycles. The van der Waals surface area contributed by atoms with Crippen LogP contribution in [0.25, 0.3) is 11.3 Å². The normalized spacial score (nSPS) is 10.3. The molecule has 4 nitrogen and oxygen atoms in total. The number of benzene rings is 1. The molecule has 0 N–H and O–H groups in total. The van der Waals surface area contributed by atoms with E-state index < -0.39 is 11.8 Å². The predicted molar refractivity (Wildman–Crippen MR) is 71.2 cm³/mol. The van der Waals surface area contributed by atoms with Crippen LogP contribution in [0.1, 0.15) is 16.3 Å². The van der Waals surface area contributed by atoms with Crippen LogP contribution >= 0.6 is 15.9 Å². The summed E-state index contributed by atoms with van der Waals surface area (Å²) in [6.45, 7) is 1.70. The Labute approximate surface area is 117 Å². The van der Waals surface area contributed by atoms with Crippen LogP contribution in [-0.4, -0.2) is 23.0 Å². The minimum atomic E-state index is -0.652. The summed E-state index contributed by atoms with van der Waals surface area (Å²) in [7, 11) is 1.24. The van der Waals surface area contributed by atoms with Crippen molar-refractivity contribution >= 4 is 21.9 Å². The third-order valence-electron chi connectivity index (χ3n) is 2.43. The first kappa shape index (κ1) is 13.6. The Hall–Kier alpha value is -1.82. The molecule has 0 saturated carbocycles. The van der Waals surface area contributed by atoms with Crippen LogP contribution in [-0.2, 0) is 4.74 Å². The molecule has 0 spiro atoms. The quantitative estimate of drug-likeness (QED) is 0.796. The number of rotatable bonds is 2. The van der Waals surface area contributed by atoms with Crippen molar-refractivity contribution in [3.8, 4) is 11.3 Å². The van der Waals surface area contributed by atoms with Gasteiger partial charge in [0.05, 0.1) is 12.8 Å². The number of aryl methyl sites for hydroxylation is 1. The van der Waals surface area contributed by atoms with Gasteiger partial charge in [-0.3, -0.25) is 0 Å². The average molecular weight is 325 g/mol. The van der Waals surface area contributed by atoms with Gasteiger partial charge in [-0.1, -0.05) is 15.9 Å². The lowest BCUT2D eigenvalue weighted by Gasteiger charge is -2.06. The molecule has 0 aliphatic carbocycles. The van der Waals surface area contributed by atoms with Crippen molar-refractivity contribution in [2.24, 2.45) is 0 Å². The van der Waals surface area contributed by atoms with E-state index in [4.69, 9.17) is 0 Å². The van der Waals surface area contributed by atoms with Crippen molar-refractivity contribution in [3.63, 3.8) is 0 Å². The van der Waals surface area contributed by atoms with E-state index in [1.165, 1.54) is 13.2 Å². The zero-order valence-electron chi connectivity index (χ0n) is 10.3. The lowest BCUT2D eigenvalue weighted by atomic mass is 10.1. The van der Waals surface area contributed by atoms with Gasteiger partial charge in [0.25, 0.3) is 0 Å². The second kappa shape index (κ2) is 5.44. The molecule has 0 aliphatic rings. The van der Waals surface area contributed by atoms with Crippen LogP contribution < -0.4 is 0 Å². The van der Waals surface area contributed by atoms with Crippen molar-refractivity contribution in [1.29, 1.82) is 0 Å². The summed E-state index contributed by atoms with van der Waals surface area (Å²) < 4.78 is 19.1. The molecule has 0 unspecified atom stereocenters. The minimum Gasteiger partial charge on any atom is -0.463 e. The number of methoxy groups -OCH3 is 1. The molecule has 0 saturated heterocycles. The van der Waals surface area contributed by atoms with E-state index in [9.17, 15) is 9.18 Å². The fourth-order valence-electron chi connectivity index (χ4n) is 1.58. The molecule has 1 aromatic carbocycles. The van der Waals surface area contributed by atoms with E-state index in [1.807, 2.05) is 0 Å².